The number of hydrogen-bond donors (Lipinski definition) is 0. The van der Waals surface area contributed by atoms with E-state index in [0.717, 1.165) is 19.0 Å². The zero-order valence-corrected chi connectivity index (χ0v) is 12.2. The van der Waals surface area contributed by atoms with Crippen LogP contribution in [0.5, 0.6) is 0 Å². The smallest absolute Gasteiger partial charge is 0.141 e. The van der Waals surface area contributed by atoms with Gasteiger partial charge < -0.3 is 4.90 Å². The molecule has 0 saturated carbocycles. The van der Waals surface area contributed by atoms with Crippen molar-refractivity contribution in [2.45, 2.75) is 39.0 Å². The van der Waals surface area contributed by atoms with E-state index in [9.17, 15) is 0 Å². The number of nitrogens with zero attached hydrogens (tertiary/aromatic N) is 3. The van der Waals surface area contributed by atoms with E-state index in [1.54, 1.807) is 16.8 Å². The molecule has 100 valence electrons. The molecule has 1 saturated heterocycles. The first-order valence-electron chi connectivity index (χ1n) is 7.33. The fourth-order valence-corrected chi connectivity index (χ4v) is 4.77. The Morgan fingerprint density at radius 2 is 2.11 bits per heavy atom. The number of fused-ring (bicyclic) bond motifs is 3. The zero-order chi connectivity index (χ0) is 12.8. The van der Waals surface area contributed by atoms with Crippen molar-refractivity contribution in [2.75, 3.05) is 18.0 Å². The van der Waals surface area contributed by atoms with Gasteiger partial charge in [-0.3, -0.25) is 0 Å². The van der Waals surface area contributed by atoms with Crippen molar-refractivity contribution in [1.29, 1.82) is 0 Å². The van der Waals surface area contributed by atoms with E-state index in [4.69, 9.17) is 0 Å². The first-order valence-corrected chi connectivity index (χ1v) is 8.15. The van der Waals surface area contributed by atoms with Crippen LogP contribution < -0.4 is 4.90 Å². The van der Waals surface area contributed by atoms with E-state index >= 15 is 0 Å². The van der Waals surface area contributed by atoms with E-state index in [-0.39, 0.29) is 0 Å². The van der Waals surface area contributed by atoms with Crippen molar-refractivity contribution in [1.82, 2.24) is 9.97 Å². The number of aromatic nitrogens is 2. The molecule has 1 aliphatic carbocycles. The fraction of sp³-hybridized carbons (Fsp3) is 0.600. The van der Waals surface area contributed by atoms with Crippen LogP contribution in [0.3, 0.4) is 0 Å². The molecule has 2 aliphatic rings. The molecule has 19 heavy (non-hydrogen) atoms. The molecule has 1 atom stereocenters. The SMILES string of the molecule is CC1CCc2c(sc3ncnc(N4CCCC4)c23)C1. The molecule has 0 radical (unpaired) electrons. The van der Waals surface area contributed by atoms with Crippen LogP contribution >= 0.6 is 11.3 Å². The Bertz CT molecular complexity index is 613. The second-order valence-electron chi connectivity index (χ2n) is 5.92. The van der Waals surface area contributed by atoms with Gasteiger partial charge in [-0.2, -0.15) is 0 Å². The van der Waals surface area contributed by atoms with Gasteiger partial charge in [0.25, 0.3) is 0 Å². The number of aryl methyl sites for hydroxylation is 1. The third-order valence-corrected chi connectivity index (χ3v) is 5.64. The van der Waals surface area contributed by atoms with Gasteiger partial charge in [0.05, 0.1) is 5.39 Å². The average molecular weight is 273 g/mol. The molecular weight excluding hydrogens is 254 g/mol. The number of thiophene rings is 1. The molecule has 0 aromatic carbocycles. The van der Waals surface area contributed by atoms with Crippen LogP contribution in [0.15, 0.2) is 6.33 Å². The minimum Gasteiger partial charge on any atom is -0.356 e. The molecule has 1 fully saturated rings. The monoisotopic (exact) mass is 273 g/mol. The van der Waals surface area contributed by atoms with E-state index in [0.29, 0.717) is 0 Å². The van der Waals surface area contributed by atoms with Crippen molar-refractivity contribution in [3.63, 3.8) is 0 Å². The molecule has 1 unspecified atom stereocenters. The Hall–Kier alpha value is -1.16. The first-order chi connectivity index (χ1) is 9.33. The lowest BCUT2D eigenvalue weighted by molar-refractivity contribution is 0.509. The van der Waals surface area contributed by atoms with E-state index in [1.807, 2.05) is 11.3 Å². The minimum atomic E-state index is 0.823. The lowest BCUT2D eigenvalue weighted by atomic mass is 9.89. The van der Waals surface area contributed by atoms with Gasteiger partial charge in [-0.15, -0.1) is 11.3 Å². The standard InChI is InChI=1S/C15H19N3S/c1-10-4-5-11-12(8-10)19-15-13(11)14(16-9-17-15)18-6-2-3-7-18/h9-10H,2-8H2,1H3. The maximum Gasteiger partial charge on any atom is 0.141 e. The molecule has 0 bridgehead atoms. The van der Waals surface area contributed by atoms with Gasteiger partial charge in [-0.1, -0.05) is 6.92 Å². The number of anilines is 1. The Morgan fingerprint density at radius 1 is 1.26 bits per heavy atom. The predicted octanol–water partition coefficient (Wildman–Crippen LogP) is 3.42. The van der Waals surface area contributed by atoms with Crippen LogP contribution in [0.4, 0.5) is 5.82 Å². The summed E-state index contributed by atoms with van der Waals surface area (Å²) in [5.41, 5.74) is 1.56. The highest BCUT2D eigenvalue weighted by Gasteiger charge is 2.25. The molecule has 2 aromatic heterocycles. The average Bonchev–Trinajstić information content (AvgIpc) is 3.04. The van der Waals surface area contributed by atoms with Crippen molar-refractivity contribution in [3.05, 3.63) is 16.8 Å². The fourth-order valence-electron chi connectivity index (χ4n) is 3.43. The molecule has 0 spiro atoms. The van der Waals surface area contributed by atoms with Gasteiger partial charge in [0.2, 0.25) is 0 Å². The second kappa shape index (κ2) is 4.44. The van der Waals surface area contributed by atoms with E-state index < -0.39 is 0 Å². The van der Waals surface area contributed by atoms with Gasteiger partial charge >= 0.3 is 0 Å². The summed E-state index contributed by atoms with van der Waals surface area (Å²) in [5, 5.41) is 1.37. The third-order valence-electron chi connectivity index (χ3n) is 4.48. The van der Waals surface area contributed by atoms with Crippen molar-refractivity contribution < 1.29 is 0 Å². The van der Waals surface area contributed by atoms with Crippen LogP contribution in [-0.4, -0.2) is 23.1 Å². The van der Waals surface area contributed by atoms with Crippen molar-refractivity contribution in [3.8, 4) is 0 Å². The quantitative estimate of drug-likeness (QED) is 0.797. The first kappa shape index (κ1) is 11.6. The minimum absolute atomic E-state index is 0.823. The summed E-state index contributed by atoms with van der Waals surface area (Å²) in [6.45, 7) is 4.68. The molecule has 3 heterocycles. The molecule has 3 nitrogen and oxygen atoms in total. The zero-order valence-electron chi connectivity index (χ0n) is 11.4. The van der Waals surface area contributed by atoms with Crippen LogP contribution in [0.2, 0.25) is 0 Å². The largest absolute Gasteiger partial charge is 0.356 e. The number of rotatable bonds is 1. The summed E-state index contributed by atoms with van der Waals surface area (Å²) in [6.07, 6.45) is 8.11. The Balaban J connectivity index is 1.89. The number of hydrogen-bond acceptors (Lipinski definition) is 4. The van der Waals surface area contributed by atoms with Gasteiger partial charge in [0, 0.05) is 18.0 Å². The maximum absolute atomic E-state index is 4.61. The van der Waals surface area contributed by atoms with Crippen LogP contribution in [-0.2, 0) is 12.8 Å². The van der Waals surface area contributed by atoms with Crippen molar-refractivity contribution in [2.24, 2.45) is 5.92 Å². The molecule has 0 N–H and O–H groups in total. The van der Waals surface area contributed by atoms with Gasteiger partial charge in [-0.05, 0) is 43.6 Å². The van der Waals surface area contributed by atoms with E-state index in [2.05, 4.69) is 21.8 Å². The molecule has 2 aromatic rings. The summed E-state index contributed by atoms with van der Waals surface area (Å²) in [5.74, 6) is 2.03. The third kappa shape index (κ3) is 1.84. The van der Waals surface area contributed by atoms with Crippen LogP contribution in [0, 0.1) is 5.92 Å². The van der Waals surface area contributed by atoms with Crippen LogP contribution in [0.25, 0.3) is 10.2 Å². The lowest BCUT2D eigenvalue weighted by Gasteiger charge is -2.20. The summed E-state index contributed by atoms with van der Waals surface area (Å²) >= 11 is 1.90. The summed E-state index contributed by atoms with van der Waals surface area (Å²) in [7, 11) is 0. The molecule has 0 amide bonds. The normalized spacial score (nSPS) is 23.0. The molecular formula is C15H19N3S. The van der Waals surface area contributed by atoms with Crippen LogP contribution in [0.1, 0.15) is 36.6 Å². The topological polar surface area (TPSA) is 29.0 Å². The van der Waals surface area contributed by atoms with Gasteiger partial charge in [-0.25, -0.2) is 9.97 Å². The van der Waals surface area contributed by atoms with E-state index in [1.165, 1.54) is 48.1 Å². The maximum atomic E-state index is 4.61. The lowest BCUT2D eigenvalue weighted by Crippen LogP contribution is -2.19. The second-order valence-corrected chi connectivity index (χ2v) is 7.01. The Kier molecular flexibility index (Phi) is 2.72. The summed E-state index contributed by atoms with van der Waals surface area (Å²) < 4.78 is 0. The highest BCUT2D eigenvalue weighted by atomic mass is 32.1. The van der Waals surface area contributed by atoms with Gasteiger partial charge in [0.15, 0.2) is 0 Å². The Morgan fingerprint density at radius 3 is 2.95 bits per heavy atom. The highest BCUT2D eigenvalue weighted by Crippen LogP contribution is 2.40. The summed E-state index contributed by atoms with van der Waals surface area (Å²) in [4.78, 5) is 14.4. The van der Waals surface area contributed by atoms with Crippen molar-refractivity contribution >= 4 is 27.4 Å². The predicted molar refractivity (Wildman–Crippen MR) is 80.1 cm³/mol. The summed E-state index contributed by atoms with van der Waals surface area (Å²) in [6, 6.07) is 0. The highest BCUT2D eigenvalue weighted by molar-refractivity contribution is 7.19. The molecule has 4 heteroatoms. The molecule has 4 rings (SSSR count). The van der Waals surface area contributed by atoms with Gasteiger partial charge in [0.1, 0.15) is 17.0 Å². The molecule has 1 aliphatic heterocycles. The Labute approximate surface area is 117 Å².